The summed E-state index contributed by atoms with van der Waals surface area (Å²) in [7, 11) is 1.54. The maximum absolute atomic E-state index is 11.4. The fourth-order valence-electron chi connectivity index (χ4n) is 2.40. The Kier molecular flexibility index (Phi) is 3.65. The van der Waals surface area contributed by atoms with Gasteiger partial charge in [-0.2, -0.15) is 0 Å². The van der Waals surface area contributed by atoms with Crippen LogP contribution in [0.4, 0.5) is 0 Å². The van der Waals surface area contributed by atoms with E-state index in [9.17, 15) is 9.90 Å². The highest BCUT2D eigenvalue weighted by atomic mass is 16.5. The van der Waals surface area contributed by atoms with Crippen LogP contribution in [0, 0.1) is 13.8 Å². The molecule has 3 rings (SSSR count). The highest BCUT2D eigenvalue weighted by molar-refractivity contribution is 6.00. The van der Waals surface area contributed by atoms with Crippen LogP contribution in [-0.2, 0) is 6.54 Å². The number of aromatic nitrogens is 5. The number of ether oxygens (including phenoxy) is 1. The number of hydrogen-bond donors (Lipinski definition) is 1. The number of aromatic carboxylic acids is 1. The van der Waals surface area contributed by atoms with Crippen LogP contribution in [-0.4, -0.2) is 42.7 Å². The third-order valence-corrected chi connectivity index (χ3v) is 3.57. The molecular weight excluding hydrogens is 298 g/mol. The lowest BCUT2D eigenvalue weighted by atomic mass is 10.2. The zero-order valence-corrected chi connectivity index (χ0v) is 12.9. The van der Waals surface area contributed by atoms with Crippen molar-refractivity contribution in [3.05, 3.63) is 41.2 Å². The topological polar surface area (TPSA) is 103 Å². The summed E-state index contributed by atoms with van der Waals surface area (Å²) >= 11 is 0. The van der Waals surface area contributed by atoms with Gasteiger partial charge in [-0.25, -0.2) is 19.7 Å². The standard InChI is InChI=1S/C15H15N5O3/c1-8-4-16-12-10(15(21)22)5-20(13(12)19-8)6-11-9(2)14(23-3)18-7-17-11/h4-5,7H,6H2,1-3H3,(H,21,22). The third kappa shape index (κ3) is 2.59. The quantitative estimate of drug-likeness (QED) is 0.780. The van der Waals surface area contributed by atoms with Gasteiger partial charge < -0.3 is 14.4 Å². The number of nitrogens with zero attached hydrogens (tertiary/aromatic N) is 5. The Morgan fingerprint density at radius 3 is 2.78 bits per heavy atom. The van der Waals surface area contributed by atoms with E-state index in [4.69, 9.17) is 4.74 Å². The average molecular weight is 313 g/mol. The minimum Gasteiger partial charge on any atom is -0.481 e. The van der Waals surface area contributed by atoms with Crippen LogP contribution in [0.5, 0.6) is 5.88 Å². The summed E-state index contributed by atoms with van der Waals surface area (Å²) in [6, 6.07) is 0. The predicted octanol–water partition coefficient (Wildman–Crippen LogP) is 1.59. The van der Waals surface area contributed by atoms with Gasteiger partial charge in [0, 0.05) is 18.0 Å². The molecule has 0 aliphatic rings. The highest BCUT2D eigenvalue weighted by Gasteiger charge is 2.18. The van der Waals surface area contributed by atoms with E-state index < -0.39 is 5.97 Å². The molecule has 8 nitrogen and oxygen atoms in total. The third-order valence-electron chi connectivity index (χ3n) is 3.57. The largest absolute Gasteiger partial charge is 0.481 e. The number of carboxylic acid groups (broad SMARTS) is 1. The Hall–Kier alpha value is -3.03. The number of hydrogen-bond acceptors (Lipinski definition) is 6. The Morgan fingerprint density at radius 1 is 1.30 bits per heavy atom. The van der Waals surface area contributed by atoms with Crippen molar-refractivity contribution in [1.82, 2.24) is 24.5 Å². The molecule has 118 valence electrons. The van der Waals surface area contributed by atoms with Crippen LogP contribution in [0.25, 0.3) is 11.2 Å². The summed E-state index contributed by atoms with van der Waals surface area (Å²) in [6.45, 7) is 4.02. The van der Waals surface area contributed by atoms with Crippen LogP contribution >= 0.6 is 0 Å². The van der Waals surface area contributed by atoms with E-state index in [0.717, 1.165) is 11.3 Å². The van der Waals surface area contributed by atoms with Crippen molar-refractivity contribution in [2.75, 3.05) is 7.11 Å². The number of rotatable bonds is 4. The van der Waals surface area contributed by atoms with E-state index >= 15 is 0 Å². The van der Waals surface area contributed by atoms with E-state index in [2.05, 4.69) is 19.9 Å². The maximum Gasteiger partial charge on any atom is 0.339 e. The molecule has 1 N–H and O–H groups in total. The van der Waals surface area contributed by atoms with Gasteiger partial charge in [0.15, 0.2) is 5.65 Å². The van der Waals surface area contributed by atoms with E-state index in [1.165, 1.54) is 12.5 Å². The molecule has 0 saturated heterocycles. The molecule has 0 aliphatic carbocycles. The molecule has 0 aliphatic heterocycles. The van der Waals surface area contributed by atoms with Crippen molar-refractivity contribution in [3.8, 4) is 5.88 Å². The monoisotopic (exact) mass is 313 g/mol. The highest BCUT2D eigenvalue weighted by Crippen LogP contribution is 2.21. The molecule has 0 atom stereocenters. The van der Waals surface area contributed by atoms with Gasteiger partial charge >= 0.3 is 5.97 Å². The molecule has 0 unspecified atom stereocenters. The summed E-state index contributed by atoms with van der Waals surface area (Å²) in [5, 5.41) is 9.34. The summed E-state index contributed by atoms with van der Waals surface area (Å²) in [5.41, 5.74) is 3.24. The second-order valence-electron chi connectivity index (χ2n) is 5.11. The zero-order chi connectivity index (χ0) is 16.6. The first-order chi connectivity index (χ1) is 11.0. The summed E-state index contributed by atoms with van der Waals surface area (Å²) < 4.78 is 6.92. The molecule has 8 heteroatoms. The molecule has 0 fully saturated rings. The molecule has 0 bridgehead atoms. The zero-order valence-electron chi connectivity index (χ0n) is 12.9. The van der Waals surface area contributed by atoms with Gasteiger partial charge in [-0.3, -0.25) is 4.98 Å². The summed E-state index contributed by atoms with van der Waals surface area (Å²) in [6.07, 6.45) is 4.50. The van der Waals surface area contributed by atoms with Gasteiger partial charge in [0.05, 0.1) is 25.0 Å². The predicted molar refractivity (Wildman–Crippen MR) is 81.6 cm³/mol. The fraction of sp³-hybridized carbons (Fsp3) is 0.267. The van der Waals surface area contributed by atoms with E-state index in [1.807, 2.05) is 13.8 Å². The van der Waals surface area contributed by atoms with Crippen LogP contribution < -0.4 is 4.74 Å². The van der Waals surface area contributed by atoms with Crippen LogP contribution in [0.3, 0.4) is 0 Å². The lowest BCUT2D eigenvalue weighted by Gasteiger charge is -2.09. The van der Waals surface area contributed by atoms with Crippen molar-refractivity contribution < 1.29 is 14.6 Å². The number of carboxylic acids is 1. The molecule has 3 aromatic rings. The van der Waals surface area contributed by atoms with Crippen molar-refractivity contribution in [2.24, 2.45) is 0 Å². The maximum atomic E-state index is 11.4. The van der Waals surface area contributed by atoms with Crippen molar-refractivity contribution >= 4 is 17.1 Å². The Balaban J connectivity index is 2.14. The Labute approximate surface area is 131 Å². The first kappa shape index (κ1) is 14.9. The van der Waals surface area contributed by atoms with Gasteiger partial charge in [0.25, 0.3) is 0 Å². The smallest absolute Gasteiger partial charge is 0.339 e. The van der Waals surface area contributed by atoms with Crippen molar-refractivity contribution in [3.63, 3.8) is 0 Å². The molecule has 0 saturated carbocycles. The first-order valence-corrected chi connectivity index (χ1v) is 6.91. The number of carbonyl (C=O) groups is 1. The molecule has 0 spiro atoms. The molecule has 3 heterocycles. The van der Waals surface area contributed by atoms with Crippen LogP contribution in [0.2, 0.25) is 0 Å². The van der Waals surface area contributed by atoms with E-state index in [1.54, 1.807) is 17.9 Å². The van der Waals surface area contributed by atoms with Crippen LogP contribution in [0.15, 0.2) is 18.7 Å². The molecule has 23 heavy (non-hydrogen) atoms. The summed E-state index contributed by atoms with van der Waals surface area (Å²) in [4.78, 5) is 28.3. The molecule has 0 aromatic carbocycles. The Bertz CT molecular complexity index is 904. The van der Waals surface area contributed by atoms with Crippen molar-refractivity contribution in [2.45, 2.75) is 20.4 Å². The lowest BCUT2D eigenvalue weighted by Crippen LogP contribution is -2.06. The molecule has 3 aromatic heterocycles. The van der Waals surface area contributed by atoms with Gasteiger partial charge in [0.2, 0.25) is 5.88 Å². The van der Waals surface area contributed by atoms with Gasteiger partial charge in [0.1, 0.15) is 17.4 Å². The second kappa shape index (κ2) is 5.64. The van der Waals surface area contributed by atoms with Gasteiger partial charge in [-0.15, -0.1) is 0 Å². The summed E-state index contributed by atoms with van der Waals surface area (Å²) in [5.74, 6) is -0.545. The lowest BCUT2D eigenvalue weighted by molar-refractivity contribution is 0.0698. The first-order valence-electron chi connectivity index (χ1n) is 6.91. The second-order valence-corrected chi connectivity index (χ2v) is 5.11. The number of aryl methyl sites for hydroxylation is 1. The molecule has 0 radical (unpaired) electrons. The minimum atomic E-state index is -1.04. The van der Waals surface area contributed by atoms with E-state index in [-0.39, 0.29) is 5.56 Å². The van der Waals surface area contributed by atoms with Crippen LogP contribution in [0.1, 0.15) is 27.3 Å². The number of methoxy groups -OCH3 is 1. The normalized spacial score (nSPS) is 10.9. The Morgan fingerprint density at radius 2 is 2.09 bits per heavy atom. The minimum absolute atomic E-state index is 0.117. The van der Waals surface area contributed by atoms with Gasteiger partial charge in [-0.1, -0.05) is 0 Å². The number of fused-ring (bicyclic) bond motifs is 1. The SMILES string of the molecule is COc1ncnc(Cn2cc(C(=O)O)c3ncc(C)nc32)c1C. The molecule has 0 amide bonds. The van der Waals surface area contributed by atoms with Gasteiger partial charge in [-0.05, 0) is 13.8 Å². The molecular formula is C15H15N5O3. The van der Waals surface area contributed by atoms with Crippen molar-refractivity contribution in [1.29, 1.82) is 0 Å². The van der Waals surface area contributed by atoms with E-state index in [0.29, 0.717) is 29.3 Å². The fourth-order valence-corrected chi connectivity index (χ4v) is 2.40. The average Bonchev–Trinajstić information content (AvgIpc) is 2.87.